The number of anilines is 2. The van der Waals surface area contributed by atoms with Crippen LogP contribution in [0.2, 0.25) is 0 Å². The molecular weight excluding hydrogens is 412 g/mol. The Morgan fingerprint density at radius 2 is 2.00 bits per heavy atom. The zero-order valence-corrected chi connectivity index (χ0v) is 19.3. The van der Waals surface area contributed by atoms with Gasteiger partial charge in [0.05, 0.1) is 12.3 Å². The Kier molecular flexibility index (Phi) is 6.15. The second kappa shape index (κ2) is 9.37. The SMILES string of the molecule is CC(C)c1cnn2c(NCc3cccc4ccccc34)cc(NC[C@H]3CCNC[C@@H]3O)nc12. The minimum atomic E-state index is -0.333. The first-order valence-electron chi connectivity index (χ1n) is 11.8. The zero-order chi connectivity index (χ0) is 22.8. The topological polar surface area (TPSA) is 86.5 Å². The fourth-order valence-electron chi connectivity index (χ4n) is 4.61. The van der Waals surface area contributed by atoms with Gasteiger partial charge in [-0.05, 0) is 35.2 Å². The Hall–Kier alpha value is -3.16. The Morgan fingerprint density at radius 3 is 2.85 bits per heavy atom. The van der Waals surface area contributed by atoms with E-state index in [1.54, 1.807) is 0 Å². The molecule has 4 aromatic rings. The van der Waals surface area contributed by atoms with Gasteiger partial charge in [0.25, 0.3) is 0 Å². The quantitative estimate of drug-likeness (QED) is 0.345. The van der Waals surface area contributed by atoms with Crippen molar-refractivity contribution >= 4 is 28.1 Å². The van der Waals surface area contributed by atoms with Gasteiger partial charge in [-0.2, -0.15) is 9.61 Å². The lowest BCUT2D eigenvalue weighted by atomic mass is 9.95. The average Bonchev–Trinajstić information content (AvgIpc) is 3.26. The van der Waals surface area contributed by atoms with Crippen molar-refractivity contribution in [3.05, 3.63) is 65.9 Å². The van der Waals surface area contributed by atoms with E-state index in [-0.39, 0.29) is 12.0 Å². The van der Waals surface area contributed by atoms with Crippen LogP contribution < -0.4 is 16.0 Å². The minimum absolute atomic E-state index is 0.214. The lowest BCUT2D eigenvalue weighted by Gasteiger charge is -2.28. The van der Waals surface area contributed by atoms with E-state index in [9.17, 15) is 5.11 Å². The third-order valence-corrected chi connectivity index (χ3v) is 6.60. The Morgan fingerprint density at radius 1 is 1.15 bits per heavy atom. The number of aromatic nitrogens is 3. The number of fused-ring (bicyclic) bond motifs is 2. The molecule has 4 N–H and O–H groups in total. The molecule has 0 amide bonds. The van der Waals surface area contributed by atoms with Gasteiger partial charge in [0.1, 0.15) is 11.6 Å². The summed E-state index contributed by atoms with van der Waals surface area (Å²) in [7, 11) is 0. The highest BCUT2D eigenvalue weighted by Gasteiger charge is 2.23. The van der Waals surface area contributed by atoms with Gasteiger partial charge < -0.3 is 21.1 Å². The van der Waals surface area contributed by atoms with Crippen molar-refractivity contribution in [1.82, 2.24) is 19.9 Å². The molecule has 3 heterocycles. The number of benzene rings is 2. The van der Waals surface area contributed by atoms with Crippen LogP contribution in [0, 0.1) is 5.92 Å². The normalized spacial score (nSPS) is 18.8. The first-order chi connectivity index (χ1) is 16.1. The van der Waals surface area contributed by atoms with Crippen molar-refractivity contribution < 1.29 is 5.11 Å². The van der Waals surface area contributed by atoms with E-state index in [1.165, 1.54) is 16.3 Å². The third-order valence-electron chi connectivity index (χ3n) is 6.60. The van der Waals surface area contributed by atoms with Crippen molar-refractivity contribution in [2.45, 2.75) is 38.8 Å². The van der Waals surface area contributed by atoms with E-state index in [0.29, 0.717) is 25.6 Å². The monoisotopic (exact) mass is 444 g/mol. The summed E-state index contributed by atoms with van der Waals surface area (Å²) < 4.78 is 1.89. The van der Waals surface area contributed by atoms with Crippen molar-refractivity contribution in [2.24, 2.45) is 5.92 Å². The summed E-state index contributed by atoms with van der Waals surface area (Å²) >= 11 is 0. The third kappa shape index (κ3) is 4.51. The summed E-state index contributed by atoms with van der Waals surface area (Å²) in [6.45, 7) is 7.29. The highest BCUT2D eigenvalue weighted by atomic mass is 16.3. The summed E-state index contributed by atoms with van der Waals surface area (Å²) in [5.41, 5.74) is 3.22. The van der Waals surface area contributed by atoms with Crippen molar-refractivity contribution in [1.29, 1.82) is 0 Å². The van der Waals surface area contributed by atoms with Crippen LogP contribution in [0.25, 0.3) is 16.4 Å². The number of rotatable bonds is 7. The van der Waals surface area contributed by atoms with Gasteiger partial charge in [-0.1, -0.05) is 56.3 Å². The lowest BCUT2D eigenvalue weighted by molar-refractivity contribution is 0.0883. The molecule has 1 aliphatic rings. The van der Waals surface area contributed by atoms with Crippen molar-refractivity contribution in [2.75, 3.05) is 30.3 Å². The molecule has 0 spiro atoms. The second-order valence-corrected chi connectivity index (χ2v) is 9.21. The molecule has 0 aliphatic carbocycles. The first-order valence-corrected chi connectivity index (χ1v) is 11.8. The number of hydrogen-bond acceptors (Lipinski definition) is 6. The van der Waals surface area contributed by atoms with Crippen LogP contribution in [0.3, 0.4) is 0 Å². The van der Waals surface area contributed by atoms with E-state index >= 15 is 0 Å². The highest BCUT2D eigenvalue weighted by molar-refractivity contribution is 5.85. The van der Waals surface area contributed by atoms with Crippen LogP contribution in [0.15, 0.2) is 54.7 Å². The van der Waals surface area contributed by atoms with E-state index in [2.05, 4.69) is 77.4 Å². The molecule has 0 unspecified atom stereocenters. The maximum Gasteiger partial charge on any atom is 0.163 e. The Labute approximate surface area is 194 Å². The molecule has 7 nitrogen and oxygen atoms in total. The van der Waals surface area contributed by atoms with Crippen LogP contribution >= 0.6 is 0 Å². The van der Waals surface area contributed by atoms with Crippen LogP contribution in [-0.2, 0) is 6.54 Å². The molecule has 0 saturated carbocycles. The summed E-state index contributed by atoms with van der Waals surface area (Å²) in [4.78, 5) is 4.88. The van der Waals surface area contributed by atoms with Gasteiger partial charge in [0, 0.05) is 37.2 Å². The standard InChI is InChI=1S/C26H32N6O/c1-17(2)22-15-30-32-25(29-13-19-8-5-7-18-6-3-4-9-21(18)19)12-24(31-26(22)32)28-14-20-10-11-27-16-23(20)33/h3-9,12,15,17,20,23,27,29,33H,10-11,13-14,16H2,1-2H3,(H,28,31)/t20-,23+/m1/s1. The molecule has 1 saturated heterocycles. The smallest absolute Gasteiger partial charge is 0.163 e. The van der Waals surface area contributed by atoms with E-state index in [0.717, 1.165) is 35.8 Å². The fourth-order valence-corrected chi connectivity index (χ4v) is 4.61. The molecule has 0 bridgehead atoms. The zero-order valence-electron chi connectivity index (χ0n) is 19.3. The average molecular weight is 445 g/mol. The number of β-amino-alcohol motifs (C(OH)–C–C–N with tert-alkyl or cyclic N) is 1. The number of nitrogens with one attached hydrogen (secondary N) is 3. The molecule has 0 radical (unpaired) electrons. The Balaban J connectivity index is 1.43. The molecule has 2 aromatic carbocycles. The van der Waals surface area contributed by atoms with E-state index in [4.69, 9.17) is 4.98 Å². The van der Waals surface area contributed by atoms with Crippen LogP contribution in [0.4, 0.5) is 11.6 Å². The molecule has 5 rings (SSSR count). The largest absolute Gasteiger partial charge is 0.391 e. The minimum Gasteiger partial charge on any atom is -0.391 e. The molecule has 2 atom stereocenters. The van der Waals surface area contributed by atoms with Gasteiger partial charge in [-0.3, -0.25) is 0 Å². The molecule has 33 heavy (non-hydrogen) atoms. The van der Waals surface area contributed by atoms with Crippen molar-refractivity contribution in [3.8, 4) is 0 Å². The molecule has 172 valence electrons. The summed E-state index contributed by atoms with van der Waals surface area (Å²) in [6, 6.07) is 16.9. The first kappa shape index (κ1) is 21.7. The van der Waals surface area contributed by atoms with Gasteiger partial charge in [0.15, 0.2) is 5.65 Å². The number of hydrogen-bond donors (Lipinski definition) is 4. The Bertz CT molecular complexity index is 1240. The predicted octanol–water partition coefficient (Wildman–Crippen LogP) is 4.00. The fraction of sp³-hybridized carbons (Fsp3) is 0.385. The number of aliphatic hydroxyl groups is 1. The molecule has 7 heteroatoms. The number of nitrogens with zero attached hydrogens (tertiary/aromatic N) is 3. The van der Waals surface area contributed by atoms with E-state index < -0.39 is 0 Å². The van der Waals surface area contributed by atoms with Gasteiger partial charge in [0.2, 0.25) is 0 Å². The van der Waals surface area contributed by atoms with Gasteiger partial charge in [-0.25, -0.2) is 4.98 Å². The van der Waals surface area contributed by atoms with E-state index in [1.807, 2.05) is 16.8 Å². The maximum absolute atomic E-state index is 10.3. The number of aliphatic hydroxyl groups excluding tert-OH is 1. The summed E-state index contributed by atoms with van der Waals surface area (Å²) in [5.74, 6) is 2.23. The lowest BCUT2D eigenvalue weighted by Crippen LogP contribution is -2.43. The van der Waals surface area contributed by atoms with Crippen LogP contribution in [0.5, 0.6) is 0 Å². The maximum atomic E-state index is 10.3. The molecule has 2 aromatic heterocycles. The molecule has 1 fully saturated rings. The van der Waals surface area contributed by atoms with Crippen LogP contribution in [0.1, 0.15) is 37.3 Å². The summed E-state index contributed by atoms with van der Waals surface area (Å²) in [5, 5.41) is 27.7. The van der Waals surface area contributed by atoms with Crippen LogP contribution in [-0.4, -0.2) is 45.4 Å². The predicted molar refractivity (Wildman–Crippen MR) is 134 cm³/mol. The van der Waals surface area contributed by atoms with Gasteiger partial charge >= 0.3 is 0 Å². The molecule has 1 aliphatic heterocycles. The summed E-state index contributed by atoms with van der Waals surface area (Å²) in [6.07, 6.45) is 2.53. The van der Waals surface area contributed by atoms with Crippen molar-refractivity contribution in [3.63, 3.8) is 0 Å². The number of piperidine rings is 1. The molecular formula is C26H32N6O. The van der Waals surface area contributed by atoms with Gasteiger partial charge in [-0.15, -0.1) is 0 Å². The highest BCUT2D eigenvalue weighted by Crippen LogP contribution is 2.26. The second-order valence-electron chi connectivity index (χ2n) is 9.21.